The normalized spacial score (nSPS) is 14.3. The fourth-order valence-electron chi connectivity index (χ4n) is 2.21. The molecule has 0 aromatic carbocycles. The van der Waals surface area contributed by atoms with Crippen molar-refractivity contribution >= 4 is 11.6 Å². The molecule has 0 bridgehead atoms. The van der Waals surface area contributed by atoms with Crippen LogP contribution in [0.15, 0.2) is 29.2 Å². The van der Waals surface area contributed by atoms with E-state index in [4.69, 9.17) is 16.3 Å². The van der Waals surface area contributed by atoms with Gasteiger partial charge in [0, 0.05) is 23.7 Å². The number of hydrogen-bond acceptors (Lipinski definition) is 4. The first-order valence-corrected chi connectivity index (χ1v) is 6.82. The summed E-state index contributed by atoms with van der Waals surface area (Å²) in [6.45, 7) is 0.395. The maximum absolute atomic E-state index is 12.2. The zero-order valence-electron chi connectivity index (χ0n) is 11.0. The van der Waals surface area contributed by atoms with Crippen LogP contribution in [0.3, 0.4) is 0 Å². The van der Waals surface area contributed by atoms with Gasteiger partial charge >= 0.3 is 0 Å². The van der Waals surface area contributed by atoms with Crippen LogP contribution in [-0.2, 0) is 6.54 Å². The number of aromatic nitrogens is 3. The van der Waals surface area contributed by atoms with Crippen LogP contribution in [0.5, 0.6) is 5.88 Å². The molecule has 0 atom stereocenters. The summed E-state index contributed by atoms with van der Waals surface area (Å²) in [6.07, 6.45) is 3.76. The average Bonchev–Trinajstić information content (AvgIpc) is 3.26. The van der Waals surface area contributed by atoms with Crippen molar-refractivity contribution in [2.45, 2.75) is 25.3 Å². The summed E-state index contributed by atoms with van der Waals surface area (Å²) in [5.41, 5.74) is 0.709. The van der Waals surface area contributed by atoms with Crippen molar-refractivity contribution in [1.82, 2.24) is 14.5 Å². The molecule has 0 saturated heterocycles. The Labute approximate surface area is 121 Å². The topological polar surface area (TPSA) is 57.0 Å². The quantitative estimate of drug-likeness (QED) is 0.811. The molecule has 0 N–H and O–H groups in total. The number of pyridine rings is 1. The van der Waals surface area contributed by atoms with Crippen molar-refractivity contribution in [3.63, 3.8) is 0 Å². The van der Waals surface area contributed by atoms with E-state index in [1.807, 2.05) is 12.1 Å². The molecule has 3 rings (SSSR count). The van der Waals surface area contributed by atoms with E-state index in [0.717, 1.165) is 24.2 Å². The predicted octanol–water partition coefficient (Wildman–Crippen LogP) is 2.23. The molecule has 1 saturated carbocycles. The number of nitrogens with zero attached hydrogens (tertiary/aromatic N) is 3. The van der Waals surface area contributed by atoms with Crippen LogP contribution in [0, 0.1) is 0 Å². The highest BCUT2D eigenvalue weighted by Gasteiger charge is 2.29. The van der Waals surface area contributed by atoms with E-state index in [1.165, 1.54) is 6.07 Å². The number of halogens is 1. The largest absolute Gasteiger partial charge is 0.481 e. The molecule has 2 aromatic rings. The molecule has 2 heterocycles. The molecule has 6 heteroatoms. The highest BCUT2D eigenvalue weighted by Crippen LogP contribution is 2.39. The third-order valence-corrected chi connectivity index (χ3v) is 3.51. The minimum Gasteiger partial charge on any atom is -0.481 e. The molecular formula is C14H14ClN3O2. The van der Waals surface area contributed by atoms with E-state index in [1.54, 1.807) is 17.9 Å². The van der Waals surface area contributed by atoms with Crippen molar-refractivity contribution < 1.29 is 4.74 Å². The van der Waals surface area contributed by atoms with Crippen LogP contribution in [0.2, 0.25) is 5.15 Å². The Bertz CT molecular complexity index is 695. The molecular weight excluding hydrogens is 278 g/mol. The fraction of sp³-hybridized carbons (Fsp3) is 0.357. The zero-order chi connectivity index (χ0) is 14.1. The van der Waals surface area contributed by atoms with Gasteiger partial charge in [-0.1, -0.05) is 17.7 Å². The van der Waals surface area contributed by atoms with Gasteiger partial charge in [0.05, 0.1) is 13.7 Å². The lowest BCUT2D eigenvalue weighted by Gasteiger charge is -2.13. The van der Waals surface area contributed by atoms with Gasteiger partial charge in [-0.05, 0) is 18.9 Å². The van der Waals surface area contributed by atoms with E-state index >= 15 is 0 Å². The van der Waals surface area contributed by atoms with E-state index in [0.29, 0.717) is 18.3 Å². The summed E-state index contributed by atoms with van der Waals surface area (Å²) < 4.78 is 6.88. The van der Waals surface area contributed by atoms with Gasteiger partial charge in [-0.15, -0.1) is 0 Å². The van der Waals surface area contributed by atoms with E-state index < -0.39 is 0 Å². The van der Waals surface area contributed by atoms with Gasteiger partial charge in [0.2, 0.25) is 5.88 Å². The van der Waals surface area contributed by atoms with Gasteiger partial charge in [0.15, 0.2) is 0 Å². The molecule has 1 aliphatic carbocycles. The third-order valence-electron chi connectivity index (χ3n) is 3.32. The number of rotatable bonds is 4. The van der Waals surface area contributed by atoms with Gasteiger partial charge in [0.1, 0.15) is 11.0 Å². The van der Waals surface area contributed by atoms with Crippen LogP contribution in [0.25, 0.3) is 0 Å². The Balaban J connectivity index is 2.04. The lowest BCUT2D eigenvalue weighted by Crippen LogP contribution is -2.25. The van der Waals surface area contributed by atoms with Crippen molar-refractivity contribution in [3.8, 4) is 5.88 Å². The Morgan fingerprint density at radius 2 is 2.30 bits per heavy atom. The molecule has 1 aliphatic rings. The molecule has 20 heavy (non-hydrogen) atoms. The van der Waals surface area contributed by atoms with Gasteiger partial charge in [-0.2, -0.15) is 0 Å². The highest BCUT2D eigenvalue weighted by molar-refractivity contribution is 6.29. The number of methoxy groups -OCH3 is 1. The predicted molar refractivity (Wildman–Crippen MR) is 75.4 cm³/mol. The molecule has 104 valence electrons. The first-order valence-electron chi connectivity index (χ1n) is 6.44. The average molecular weight is 292 g/mol. The number of hydrogen-bond donors (Lipinski definition) is 0. The van der Waals surface area contributed by atoms with Crippen LogP contribution in [-0.4, -0.2) is 21.6 Å². The highest BCUT2D eigenvalue weighted by atomic mass is 35.5. The minimum absolute atomic E-state index is 0.141. The maximum atomic E-state index is 12.2. The molecule has 1 fully saturated rings. The summed E-state index contributed by atoms with van der Waals surface area (Å²) in [7, 11) is 1.57. The van der Waals surface area contributed by atoms with Crippen molar-refractivity contribution in [1.29, 1.82) is 0 Å². The van der Waals surface area contributed by atoms with Crippen LogP contribution in [0.1, 0.15) is 30.1 Å². The van der Waals surface area contributed by atoms with Gasteiger partial charge in [0.25, 0.3) is 5.56 Å². The summed E-state index contributed by atoms with van der Waals surface area (Å²) >= 11 is 5.89. The second-order valence-corrected chi connectivity index (χ2v) is 5.19. The summed E-state index contributed by atoms with van der Waals surface area (Å²) in [6, 6.07) is 5.06. The SMILES string of the molecule is COc1ncccc1Cn1c(C2CC2)nc(Cl)cc1=O. The summed E-state index contributed by atoms with van der Waals surface area (Å²) in [5.74, 6) is 1.62. The second-order valence-electron chi connectivity index (χ2n) is 4.81. The van der Waals surface area contributed by atoms with E-state index in [2.05, 4.69) is 9.97 Å². The maximum Gasteiger partial charge on any atom is 0.255 e. The van der Waals surface area contributed by atoms with Crippen LogP contribution < -0.4 is 10.3 Å². The van der Waals surface area contributed by atoms with Gasteiger partial charge in [-0.3, -0.25) is 9.36 Å². The lowest BCUT2D eigenvalue weighted by atomic mass is 10.2. The molecule has 0 amide bonds. The summed E-state index contributed by atoms with van der Waals surface area (Å²) in [5, 5.41) is 0.256. The van der Waals surface area contributed by atoms with E-state index in [9.17, 15) is 4.79 Å². The molecule has 2 aromatic heterocycles. The van der Waals surface area contributed by atoms with E-state index in [-0.39, 0.29) is 10.7 Å². The first-order chi connectivity index (χ1) is 9.69. The van der Waals surface area contributed by atoms with Crippen LogP contribution in [0.4, 0.5) is 0 Å². The third kappa shape index (κ3) is 2.54. The molecule has 0 radical (unpaired) electrons. The second kappa shape index (κ2) is 5.25. The summed E-state index contributed by atoms with van der Waals surface area (Å²) in [4.78, 5) is 20.6. The monoisotopic (exact) mass is 291 g/mol. The number of ether oxygens (including phenoxy) is 1. The fourth-order valence-corrected chi connectivity index (χ4v) is 2.39. The van der Waals surface area contributed by atoms with Crippen molar-refractivity contribution in [2.75, 3.05) is 7.11 Å². The lowest BCUT2D eigenvalue weighted by molar-refractivity contribution is 0.390. The van der Waals surface area contributed by atoms with Crippen molar-refractivity contribution in [2.24, 2.45) is 0 Å². The standard InChI is InChI=1S/C14H14ClN3O2/c1-20-14-10(3-2-6-16-14)8-18-12(19)7-11(15)17-13(18)9-4-5-9/h2-3,6-7,9H,4-5,8H2,1H3. The Kier molecular flexibility index (Phi) is 3.44. The van der Waals surface area contributed by atoms with Crippen molar-refractivity contribution in [3.05, 3.63) is 51.3 Å². The Morgan fingerprint density at radius 1 is 1.50 bits per heavy atom. The minimum atomic E-state index is -0.141. The Hall–Kier alpha value is -1.88. The molecule has 5 nitrogen and oxygen atoms in total. The molecule has 0 spiro atoms. The molecule has 0 unspecified atom stereocenters. The van der Waals surface area contributed by atoms with Gasteiger partial charge in [-0.25, -0.2) is 9.97 Å². The van der Waals surface area contributed by atoms with Gasteiger partial charge < -0.3 is 4.74 Å². The Morgan fingerprint density at radius 3 is 3.00 bits per heavy atom. The zero-order valence-corrected chi connectivity index (χ0v) is 11.8. The van der Waals surface area contributed by atoms with Crippen LogP contribution >= 0.6 is 11.6 Å². The molecule has 0 aliphatic heterocycles. The first kappa shape index (κ1) is 13.1. The smallest absolute Gasteiger partial charge is 0.255 e.